The van der Waals surface area contributed by atoms with Crippen LogP contribution < -0.4 is 14.5 Å². The number of hydrogen-bond acceptors (Lipinski definition) is 5. The first-order chi connectivity index (χ1) is 21.5. The maximum Gasteiger partial charge on any atom is 0.129 e. The molecule has 3 heterocycles. The van der Waals surface area contributed by atoms with E-state index in [0.29, 0.717) is 0 Å². The summed E-state index contributed by atoms with van der Waals surface area (Å²) in [5, 5.41) is 2.42. The molecule has 44 heavy (non-hydrogen) atoms. The largest absolute Gasteiger partial charge is 0.457 e. The van der Waals surface area contributed by atoms with Gasteiger partial charge in [0.15, 0.2) is 0 Å². The molecule has 1 aliphatic rings. The highest BCUT2D eigenvalue weighted by molar-refractivity contribution is 7.26. The van der Waals surface area contributed by atoms with E-state index in [2.05, 4.69) is 128 Å². The normalized spacial score (nSPS) is 12.7. The number of para-hydroxylation sites is 2. The van der Waals surface area contributed by atoms with Crippen LogP contribution in [0.15, 0.2) is 121 Å². The molecule has 5 aromatic carbocycles. The second-order valence-corrected chi connectivity index (χ2v) is 12.5. The monoisotopic (exact) mass is 589 g/mol. The first-order valence-electron chi connectivity index (χ1n) is 14.9. The zero-order valence-electron chi connectivity index (χ0n) is 24.9. The van der Waals surface area contributed by atoms with Crippen molar-refractivity contribution in [2.45, 2.75) is 20.8 Å². The summed E-state index contributed by atoms with van der Waals surface area (Å²) in [7, 11) is 0. The second kappa shape index (κ2) is 10.5. The van der Waals surface area contributed by atoms with Gasteiger partial charge in [0.05, 0.1) is 17.1 Å². The molecule has 0 spiro atoms. The number of hydrogen-bond donors (Lipinski definition) is 0. The van der Waals surface area contributed by atoms with Crippen molar-refractivity contribution in [2.24, 2.45) is 0 Å². The van der Waals surface area contributed by atoms with Gasteiger partial charge in [-0.15, -0.1) is 11.3 Å². The molecule has 8 rings (SSSR count). The molecule has 0 saturated heterocycles. The molecular weight excluding hydrogens is 559 g/mol. The second-order valence-electron chi connectivity index (χ2n) is 11.5. The predicted molar refractivity (Wildman–Crippen MR) is 185 cm³/mol. The van der Waals surface area contributed by atoms with E-state index in [9.17, 15) is 0 Å². The number of aromatic nitrogens is 1. The summed E-state index contributed by atoms with van der Waals surface area (Å²) < 4.78 is 9.14. The molecule has 0 amide bonds. The van der Waals surface area contributed by atoms with Gasteiger partial charge < -0.3 is 14.5 Å². The lowest BCUT2D eigenvalue weighted by molar-refractivity contribution is 0.484. The van der Waals surface area contributed by atoms with Gasteiger partial charge in [0.25, 0.3) is 0 Å². The van der Waals surface area contributed by atoms with E-state index in [0.717, 1.165) is 35.1 Å². The fourth-order valence-corrected chi connectivity index (χ4v) is 7.85. The number of thiophene rings is 1. The Bertz CT molecular complexity index is 2160. The van der Waals surface area contributed by atoms with Crippen molar-refractivity contribution in [3.8, 4) is 22.8 Å². The van der Waals surface area contributed by atoms with Crippen molar-refractivity contribution in [1.29, 1.82) is 0 Å². The molecule has 1 aliphatic heterocycles. The van der Waals surface area contributed by atoms with E-state index in [1.54, 1.807) is 11.3 Å². The molecular formula is C39H31N3OS. The molecule has 0 unspecified atom stereocenters. The zero-order valence-corrected chi connectivity index (χ0v) is 25.7. The molecule has 0 fully saturated rings. The SMILES string of the molecule is Cc1cc(C)c(N2CN(c3cccc(Oc4cc(-c5ccccn5)c5sc6ccccc6c5c4)c3)c3ccccc32)c(C)c1. The minimum absolute atomic E-state index is 0.726. The number of rotatable bonds is 5. The molecule has 0 radical (unpaired) electrons. The topological polar surface area (TPSA) is 28.6 Å². The fraction of sp³-hybridized carbons (Fsp3) is 0.103. The molecule has 0 N–H and O–H groups in total. The summed E-state index contributed by atoms with van der Waals surface area (Å²) in [5.41, 5.74) is 10.7. The van der Waals surface area contributed by atoms with Crippen LogP contribution >= 0.6 is 11.3 Å². The van der Waals surface area contributed by atoms with Crippen molar-refractivity contribution in [2.75, 3.05) is 16.5 Å². The predicted octanol–water partition coefficient (Wildman–Crippen LogP) is 11.1. The van der Waals surface area contributed by atoms with Crippen molar-refractivity contribution < 1.29 is 4.74 Å². The van der Waals surface area contributed by atoms with Crippen molar-refractivity contribution in [1.82, 2.24) is 4.98 Å². The molecule has 214 valence electrons. The Morgan fingerprint density at radius 1 is 0.659 bits per heavy atom. The fourth-order valence-electron chi connectivity index (χ4n) is 6.65. The van der Waals surface area contributed by atoms with Gasteiger partial charge in [-0.2, -0.15) is 0 Å². The highest BCUT2D eigenvalue weighted by Gasteiger charge is 2.29. The Labute approximate surface area is 261 Å². The Kier molecular flexibility index (Phi) is 6.35. The van der Waals surface area contributed by atoms with Crippen molar-refractivity contribution in [3.63, 3.8) is 0 Å². The van der Waals surface area contributed by atoms with Crippen LogP contribution in [-0.4, -0.2) is 11.7 Å². The highest BCUT2D eigenvalue weighted by Crippen LogP contribution is 2.47. The van der Waals surface area contributed by atoms with Gasteiger partial charge in [0.2, 0.25) is 0 Å². The van der Waals surface area contributed by atoms with Crippen LogP contribution in [0.4, 0.5) is 22.7 Å². The quantitative estimate of drug-likeness (QED) is 0.200. The van der Waals surface area contributed by atoms with Crippen LogP contribution in [0.5, 0.6) is 11.5 Å². The number of nitrogens with zero attached hydrogens (tertiary/aromatic N) is 3. The summed E-state index contributed by atoms with van der Waals surface area (Å²) in [5.74, 6) is 1.60. The van der Waals surface area contributed by atoms with Crippen molar-refractivity contribution in [3.05, 3.63) is 138 Å². The number of pyridine rings is 1. The standard InChI is InChI=1S/C39H31N3OS/c1-25-19-26(2)38(27(3)20-25)42-24-41(35-15-5-6-16-36(35)42)28-11-10-12-29(21-28)43-30-22-32-31-13-4-7-17-37(31)44-39(32)33(23-30)34-14-8-9-18-40-34/h4-23H,24H2,1-3H3. The number of benzene rings is 5. The van der Waals surface area contributed by atoms with E-state index in [1.807, 2.05) is 24.4 Å². The number of ether oxygens (including phenoxy) is 1. The zero-order chi connectivity index (χ0) is 29.8. The molecule has 5 heteroatoms. The third kappa shape index (κ3) is 4.48. The number of aryl methyl sites for hydroxylation is 3. The first kappa shape index (κ1) is 26.5. The maximum absolute atomic E-state index is 6.65. The molecule has 0 saturated carbocycles. The van der Waals surface area contributed by atoms with E-state index in [-0.39, 0.29) is 0 Å². The first-order valence-corrected chi connectivity index (χ1v) is 15.7. The highest BCUT2D eigenvalue weighted by atomic mass is 32.1. The Morgan fingerprint density at radius 2 is 1.41 bits per heavy atom. The molecule has 0 aliphatic carbocycles. The van der Waals surface area contributed by atoms with Crippen LogP contribution in [0.25, 0.3) is 31.4 Å². The van der Waals surface area contributed by atoms with Gasteiger partial charge in [0.1, 0.15) is 18.2 Å². The van der Waals surface area contributed by atoms with Crippen LogP contribution in [0, 0.1) is 20.8 Å². The molecule has 4 nitrogen and oxygen atoms in total. The number of anilines is 4. The van der Waals surface area contributed by atoms with Crippen LogP contribution in [0.1, 0.15) is 16.7 Å². The van der Waals surface area contributed by atoms with Crippen LogP contribution in [0.2, 0.25) is 0 Å². The number of fused-ring (bicyclic) bond motifs is 4. The molecule has 0 bridgehead atoms. The smallest absolute Gasteiger partial charge is 0.129 e. The van der Waals surface area contributed by atoms with Gasteiger partial charge >= 0.3 is 0 Å². The van der Waals surface area contributed by atoms with E-state index < -0.39 is 0 Å². The van der Waals surface area contributed by atoms with E-state index in [4.69, 9.17) is 9.72 Å². The summed E-state index contributed by atoms with van der Waals surface area (Å²) in [4.78, 5) is 9.50. The minimum atomic E-state index is 0.726. The maximum atomic E-state index is 6.65. The van der Waals surface area contributed by atoms with Crippen LogP contribution in [0.3, 0.4) is 0 Å². The molecule has 7 aromatic rings. The van der Waals surface area contributed by atoms with Crippen molar-refractivity contribution >= 4 is 54.3 Å². The third-order valence-corrected chi connectivity index (χ3v) is 9.63. The minimum Gasteiger partial charge on any atom is -0.457 e. The molecule has 0 atom stereocenters. The van der Waals surface area contributed by atoms with Gasteiger partial charge in [0, 0.05) is 49.4 Å². The summed E-state index contributed by atoms with van der Waals surface area (Å²) in [6, 6.07) is 40.6. The molecule has 2 aromatic heterocycles. The lowest BCUT2D eigenvalue weighted by Crippen LogP contribution is -2.25. The van der Waals surface area contributed by atoms with Gasteiger partial charge in [-0.1, -0.05) is 60.2 Å². The lowest BCUT2D eigenvalue weighted by atomic mass is 10.0. The van der Waals surface area contributed by atoms with Gasteiger partial charge in [-0.3, -0.25) is 4.98 Å². The van der Waals surface area contributed by atoms with Gasteiger partial charge in [-0.25, -0.2) is 0 Å². The average molecular weight is 590 g/mol. The third-order valence-electron chi connectivity index (χ3n) is 8.41. The lowest BCUT2D eigenvalue weighted by Gasteiger charge is -2.25. The van der Waals surface area contributed by atoms with Gasteiger partial charge in [-0.05, 0) is 86.5 Å². The Balaban J connectivity index is 1.18. The Morgan fingerprint density at radius 3 is 2.20 bits per heavy atom. The van der Waals surface area contributed by atoms with E-state index in [1.165, 1.54) is 53.9 Å². The average Bonchev–Trinajstić information content (AvgIpc) is 3.60. The summed E-state index contributed by atoms with van der Waals surface area (Å²) >= 11 is 1.80. The Hall–Kier alpha value is -5.13. The van der Waals surface area contributed by atoms with Crippen LogP contribution in [-0.2, 0) is 0 Å². The summed E-state index contributed by atoms with van der Waals surface area (Å²) in [6.45, 7) is 7.31. The summed E-state index contributed by atoms with van der Waals surface area (Å²) in [6.07, 6.45) is 1.85. The van der Waals surface area contributed by atoms with E-state index >= 15 is 0 Å².